The highest BCUT2D eigenvalue weighted by molar-refractivity contribution is 14.1. The lowest BCUT2D eigenvalue weighted by atomic mass is 10.2. The molecule has 0 heterocycles. The van der Waals surface area contributed by atoms with Crippen molar-refractivity contribution >= 4 is 40.1 Å². The van der Waals surface area contributed by atoms with Gasteiger partial charge in [0.05, 0.1) is 11.7 Å². The maximum atomic E-state index is 11.6. The number of amides is 1. The normalized spacial score (nSPS) is 12.3. The zero-order valence-electron chi connectivity index (χ0n) is 8.13. The fraction of sp³-hybridized carbons (Fsp3) is 0.300. The second-order valence-corrected chi connectivity index (χ2v) is 4.78. The Kier molecular flexibility index (Phi) is 4.82. The topological polar surface area (TPSA) is 49.3 Å². The van der Waals surface area contributed by atoms with Crippen LogP contribution >= 0.6 is 34.2 Å². The van der Waals surface area contributed by atoms with Gasteiger partial charge in [-0.05, 0) is 47.7 Å². The number of hydrogen-bond acceptors (Lipinski definition) is 2. The van der Waals surface area contributed by atoms with Crippen molar-refractivity contribution in [3.8, 4) is 0 Å². The Hall–Kier alpha value is -0.330. The summed E-state index contributed by atoms with van der Waals surface area (Å²) in [5.74, 6) is -0.220. The van der Waals surface area contributed by atoms with Crippen LogP contribution in [0.25, 0.3) is 0 Å². The highest BCUT2D eigenvalue weighted by Gasteiger charge is 2.10. The molecular formula is C10H11ClINO2. The molecule has 0 aliphatic rings. The fourth-order valence-corrected chi connectivity index (χ4v) is 1.76. The van der Waals surface area contributed by atoms with Gasteiger partial charge in [0.15, 0.2) is 0 Å². The molecule has 0 spiro atoms. The van der Waals surface area contributed by atoms with Crippen LogP contribution in [0.3, 0.4) is 0 Å². The van der Waals surface area contributed by atoms with Gasteiger partial charge in [-0.15, -0.1) is 0 Å². The van der Waals surface area contributed by atoms with Crippen LogP contribution in [-0.2, 0) is 0 Å². The lowest BCUT2D eigenvalue weighted by molar-refractivity contribution is 0.0923. The minimum Gasteiger partial charge on any atom is -0.392 e. The van der Waals surface area contributed by atoms with Gasteiger partial charge in [-0.2, -0.15) is 0 Å². The molecule has 0 aromatic heterocycles. The molecule has 1 aromatic rings. The molecule has 2 N–H and O–H groups in total. The zero-order chi connectivity index (χ0) is 11.4. The quantitative estimate of drug-likeness (QED) is 0.828. The molecule has 1 aromatic carbocycles. The third kappa shape index (κ3) is 3.96. The lowest BCUT2D eigenvalue weighted by Crippen LogP contribution is -2.31. The van der Waals surface area contributed by atoms with Gasteiger partial charge in [-0.3, -0.25) is 4.79 Å². The number of benzene rings is 1. The van der Waals surface area contributed by atoms with Crippen molar-refractivity contribution < 1.29 is 9.90 Å². The Morgan fingerprint density at radius 2 is 2.33 bits per heavy atom. The van der Waals surface area contributed by atoms with Gasteiger partial charge in [0, 0.05) is 15.1 Å². The molecule has 5 heteroatoms. The zero-order valence-corrected chi connectivity index (χ0v) is 11.0. The highest BCUT2D eigenvalue weighted by atomic mass is 127. The van der Waals surface area contributed by atoms with Crippen LogP contribution in [0.1, 0.15) is 17.3 Å². The molecule has 1 atom stereocenters. The number of halogens is 2. The van der Waals surface area contributed by atoms with E-state index in [1.54, 1.807) is 25.1 Å². The van der Waals surface area contributed by atoms with Crippen LogP contribution in [0, 0.1) is 3.57 Å². The summed E-state index contributed by atoms with van der Waals surface area (Å²) in [5.41, 5.74) is 0.531. The van der Waals surface area contributed by atoms with E-state index in [0.717, 1.165) is 3.57 Å². The van der Waals surface area contributed by atoms with Gasteiger partial charge in [0.2, 0.25) is 0 Å². The summed E-state index contributed by atoms with van der Waals surface area (Å²) in [4.78, 5) is 11.6. The van der Waals surface area contributed by atoms with Crippen LogP contribution < -0.4 is 5.32 Å². The van der Waals surface area contributed by atoms with Crippen LogP contribution in [-0.4, -0.2) is 23.7 Å². The van der Waals surface area contributed by atoms with E-state index in [2.05, 4.69) is 27.9 Å². The molecule has 82 valence electrons. The van der Waals surface area contributed by atoms with Crippen LogP contribution in [0.5, 0.6) is 0 Å². The van der Waals surface area contributed by atoms with Crippen molar-refractivity contribution in [1.82, 2.24) is 5.32 Å². The highest BCUT2D eigenvalue weighted by Crippen LogP contribution is 2.17. The van der Waals surface area contributed by atoms with E-state index in [9.17, 15) is 4.79 Å². The van der Waals surface area contributed by atoms with E-state index >= 15 is 0 Å². The van der Waals surface area contributed by atoms with E-state index in [4.69, 9.17) is 16.7 Å². The maximum Gasteiger partial charge on any atom is 0.252 e. The van der Waals surface area contributed by atoms with Crippen molar-refractivity contribution in [3.63, 3.8) is 0 Å². The molecule has 0 aliphatic heterocycles. The molecule has 0 saturated carbocycles. The summed E-state index contributed by atoms with van der Waals surface area (Å²) in [6.45, 7) is 1.85. The van der Waals surface area contributed by atoms with Gasteiger partial charge >= 0.3 is 0 Å². The van der Waals surface area contributed by atoms with Gasteiger partial charge in [0.1, 0.15) is 0 Å². The first kappa shape index (κ1) is 12.7. The average molecular weight is 340 g/mol. The average Bonchev–Trinajstić information content (AvgIpc) is 2.18. The third-order valence-corrected chi connectivity index (χ3v) is 2.91. The first-order valence-electron chi connectivity index (χ1n) is 4.42. The molecule has 0 fully saturated rings. The van der Waals surface area contributed by atoms with Crippen molar-refractivity contribution in [2.75, 3.05) is 6.54 Å². The van der Waals surface area contributed by atoms with E-state index in [1.807, 2.05) is 0 Å². The minimum atomic E-state index is -0.550. The summed E-state index contributed by atoms with van der Waals surface area (Å²) in [5, 5.41) is 12.2. The van der Waals surface area contributed by atoms with Crippen molar-refractivity contribution in [3.05, 3.63) is 32.4 Å². The SMILES string of the molecule is C[C@@H](O)CNC(=O)c1cc(Cl)ccc1I. The van der Waals surface area contributed by atoms with Crippen molar-refractivity contribution in [2.24, 2.45) is 0 Å². The fourth-order valence-electron chi connectivity index (χ4n) is 1.01. The lowest BCUT2D eigenvalue weighted by Gasteiger charge is -2.08. The van der Waals surface area contributed by atoms with Gasteiger partial charge in [0.25, 0.3) is 5.91 Å². The molecule has 0 bridgehead atoms. The van der Waals surface area contributed by atoms with Crippen molar-refractivity contribution in [2.45, 2.75) is 13.0 Å². The monoisotopic (exact) mass is 339 g/mol. The van der Waals surface area contributed by atoms with E-state index in [1.165, 1.54) is 0 Å². The predicted molar refractivity (Wildman–Crippen MR) is 68.2 cm³/mol. The summed E-state index contributed by atoms with van der Waals surface area (Å²) in [7, 11) is 0. The largest absolute Gasteiger partial charge is 0.392 e. The summed E-state index contributed by atoms with van der Waals surface area (Å²) >= 11 is 7.86. The maximum absolute atomic E-state index is 11.6. The molecule has 0 saturated heterocycles. The minimum absolute atomic E-state index is 0.220. The standard InChI is InChI=1S/C10H11ClINO2/c1-6(14)5-13-10(15)8-4-7(11)2-3-9(8)12/h2-4,6,14H,5H2,1H3,(H,13,15)/t6-/m1/s1. The third-order valence-electron chi connectivity index (χ3n) is 1.73. The Labute approximate surface area is 107 Å². The summed E-state index contributed by atoms with van der Waals surface area (Å²) in [6, 6.07) is 5.12. The second kappa shape index (κ2) is 5.67. The first-order valence-corrected chi connectivity index (χ1v) is 5.87. The first-order chi connectivity index (χ1) is 7.00. The van der Waals surface area contributed by atoms with Gasteiger partial charge in [-0.1, -0.05) is 11.6 Å². The number of nitrogens with one attached hydrogen (secondary N) is 1. The van der Waals surface area contributed by atoms with E-state index in [0.29, 0.717) is 10.6 Å². The molecule has 0 unspecified atom stereocenters. The van der Waals surface area contributed by atoms with E-state index < -0.39 is 6.10 Å². The Morgan fingerprint density at radius 3 is 2.93 bits per heavy atom. The van der Waals surface area contributed by atoms with Crippen LogP contribution in [0.2, 0.25) is 5.02 Å². The Morgan fingerprint density at radius 1 is 1.67 bits per heavy atom. The van der Waals surface area contributed by atoms with Gasteiger partial charge in [-0.25, -0.2) is 0 Å². The van der Waals surface area contributed by atoms with Gasteiger partial charge < -0.3 is 10.4 Å². The molecule has 1 amide bonds. The molecule has 3 nitrogen and oxygen atoms in total. The van der Waals surface area contributed by atoms with Crippen LogP contribution in [0.15, 0.2) is 18.2 Å². The number of carbonyl (C=O) groups is 1. The van der Waals surface area contributed by atoms with Crippen LogP contribution in [0.4, 0.5) is 0 Å². The van der Waals surface area contributed by atoms with E-state index in [-0.39, 0.29) is 12.5 Å². The number of aliphatic hydroxyl groups excluding tert-OH is 1. The Bertz CT molecular complexity index is 368. The molecular weight excluding hydrogens is 328 g/mol. The molecule has 0 aliphatic carbocycles. The number of hydrogen-bond donors (Lipinski definition) is 2. The molecule has 0 radical (unpaired) electrons. The summed E-state index contributed by atoms with van der Waals surface area (Å²) < 4.78 is 0.833. The molecule has 1 rings (SSSR count). The Balaban J connectivity index is 2.77. The van der Waals surface area contributed by atoms with Crippen molar-refractivity contribution in [1.29, 1.82) is 0 Å². The smallest absolute Gasteiger partial charge is 0.252 e. The number of aliphatic hydroxyl groups is 1. The number of carbonyl (C=O) groups excluding carboxylic acids is 1. The second-order valence-electron chi connectivity index (χ2n) is 3.18. The molecule has 15 heavy (non-hydrogen) atoms. The number of rotatable bonds is 3. The summed E-state index contributed by atoms with van der Waals surface area (Å²) in [6.07, 6.45) is -0.550. The predicted octanol–water partition coefficient (Wildman–Crippen LogP) is 2.06.